The van der Waals surface area contributed by atoms with Crippen molar-refractivity contribution in [3.63, 3.8) is 0 Å². The lowest BCUT2D eigenvalue weighted by Gasteiger charge is -2.13. The number of nitrogens with one attached hydrogen (secondary N) is 1. The zero-order valence-corrected chi connectivity index (χ0v) is 16.6. The molecule has 0 spiro atoms. The minimum Gasteiger partial charge on any atom is -0.397 e. The highest BCUT2D eigenvalue weighted by molar-refractivity contribution is 6.08. The Kier molecular flexibility index (Phi) is 5.28. The van der Waals surface area contributed by atoms with Crippen molar-refractivity contribution in [3.8, 4) is 22.4 Å². The molecule has 3 heterocycles. The van der Waals surface area contributed by atoms with E-state index in [-0.39, 0.29) is 16.9 Å². The van der Waals surface area contributed by atoms with E-state index in [4.69, 9.17) is 11.5 Å². The van der Waals surface area contributed by atoms with Gasteiger partial charge in [-0.3, -0.25) is 9.78 Å². The van der Waals surface area contributed by atoms with E-state index in [1.807, 2.05) is 13.0 Å². The van der Waals surface area contributed by atoms with Crippen molar-refractivity contribution in [1.29, 1.82) is 0 Å². The molecule has 0 atom stereocenters. The van der Waals surface area contributed by atoms with Gasteiger partial charge in [-0.05, 0) is 55.0 Å². The number of carbonyl (C=O) groups is 1. The smallest absolute Gasteiger partial charge is 0.276 e. The maximum Gasteiger partial charge on any atom is 0.276 e. The summed E-state index contributed by atoms with van der Waals surface area (Å²) in [5.41, 5.74) is 15.3. The van der Waals surface area contributed by atoms with Crippen molar-refractivity contribution in [3.05, 3.63) is 84.2 Å². The van der Waals surface area contributed by atoms with Crippen molar-refractivity contribution in [2.45, 2.75) is 6.92 Å². The number of carbonyl (C=O) groups excluding carboxylic acids is 1. The highest BCUT2D eigenvalue weighted by Crippen LogP contribution is 2.29. The summed E-state index contributed by atoms with van der Waals surface area (Å²) >= 11 is 0. The van der Waals surface area contributed by atoms with Crippen molar-refractivity contribution < 1.29 is 9.18 Å². The standard InChI is InChI=1S/C23H19FN6O/c1-13-10-14(11-21(26)28-13)15-8-9-27-12-20(15)30-23(31)22-18(25)6-7-19(29-22)16-4-2-3-5-17(16)24/h2-12H,25H2,1H3,(H2,26,28)(H,30,31). The van der Waals surface area contributed by atoms with Crippen LogP contribution in [-0.2, 0) is 0 Å². The SMILES string of the molecule is Cc1cc(-c2ccncc2NC(=O)c2nc(-c3ccccc3F)ccc2N)cc(N)n1. The molecule has 0 bridgehead atoms. The van der Waals surface area contributed by atoms with Gasteiger partial charge in [0.15, 0.2) is 5.69 Å². The quantitative estimate of drug-likeness (QED) is 0.463. The Bertz CT molecular complexity index is 1270. The van der Waals surface area contributed by atoms with Gasteiger partial charge in [-0.25, -0.2) is 14.4 Å². The van der Waals surface area contributed by atoms with Crippen LogP contribution in [0.3, 0.4) is 0 Å². The largest absolute Gasteiger partial charge is 0.397 e. The third kappa shape index (κ3) is 4.18. The molecule has 8 heteroatoms. The van der Waals surface area contributed by atoms with Crippen molar-refractivity contribution in [2.24, 2.45) is 0 Å². The Hall–Kier alpha value is -4.33. The molecule has 0 saturated carbocycles. The zero-order chi connectivity index (χ0) is 22.0. The Morgan fingerprint density at radius 3 is 2.58 bits per heavy atom. The normalized spacial score (nSPS) is 10.6. The summed E-state index contributed by atoms with van der Waals surface area (Å²) < 4.78 is 14.2. The van der Waals surface area contributed by atoms with Gasteiger partial charge >= 0.3 is 0 Å². The number of benzene rings is 1. The van der Waals surface area contributed by atoms with Gasteiger partial charge in [0.1, 0.15) is 11.6 Å². The number of aromatic nitrogens is 3. The van der Waals surface area contributed by atoms with E-state index < -0.39 is 11.7 Å². The fraction of sp³-hybridized carbons (Fsp3) is 0.0435. The molecule has 3 aromatic heterocycles. The summed E-state index contributed by atoms with van der Waals surface area (Å²) in [5.74, 6) is -0.609. The van der Waals surface area contributed by atoms with E-state index in [9.17, 15) is 9.18 Å². The molecule has 0 aliphatic heterocycles. The van der Waals surface area contributed by atoms with Gasteiger partial charge in [-0.2, -0.15) is 0 Å². The van der Waals surface area contributed by atoms with Gasteiger partial charge in [-0.15, -0.1) is 0 Å². The van der Waals surface area contributed by atoms with Crippen molar-refractivity contribution in [1.82, 2.24) is 15.0 Å². The molecule has 4 rings (SSSR count). The molecule has 0 aliphatic carbocycles. The van der Waals surface area contributed by atoms with Gasteiger partial charge in [0.25, 0.3) is 5.91 Å². The molecule has 0 fully saturated rings. The molecule has 1 amide bonds. The lowest BCUT2D eigenvalue weighted by Crippen LogP contribution is -2.17. The Morgan fingerprint density at radius 2 is 1.81 bits per heavy atom. The lowest BCUT2D eigenvalue weighted by atomic mass is 10.1. The van der Waals surface area contributed by atoms with E-state index in [1.54, 1.807) is 42.6 Å². The zero-order valence-electron chi connectivity index (χ0n) is 16.6. The maximum absolute atomic E-state index is 14.2. The van der Waals surface area contributed by atoms with E-state index in [0.717, 1.165) is 11.3 Å². The highest BCUT2D eigenvalue weighted by atomic mass is 19.1. The van der Waals surface area contributed by atoms with Crippen LogP contribution in [0.15, 0.2) is 67.0 Å². The van der Waals surface area contributed by atoms with E-state index >= 15 is 0 Å². The van der Waals surface area contributed by atoms with Crippen LogP contribution in [-0.4, -0.2) is 20.9 Å². The molecular weight excluding hydrogens is 395 g/mol. The summed E-state index contributed by atoms with van der Waals surface area (Å²) in [4.78, 5) is 25.6. The second-order valence-corrected chi connectivity index (χ2v) is 6.91. The van der Waals surface area contributed by atoms with Gasteiger partial charge in [0.05, 0.1) is 23.3 Å². The topological polar surface area (TPSA) is 120 Å². The summed E-state index contributed by atoms with van der Waals surface area (Å²) in [6.45, 7) is 1.83. The van der Waals surface area contributed by atoms with Crippen LogP contribution in [0.5, 0.6) is 0 Å². The lowest BCUT2D eigenvalue weighted by molar-refractivity contribution is 0.102. The first kappa shape index (κ1) is 20.0. The average molecular weight is 414 g/mol. The Balaban J connectivity index is 1.70. The molecular formula is C23H19FN6O. The van der Waals surface area contributed by atoms with E-state index in [2.05, 4.69) is 20.3 Å². The minimum atomic E-state index is -0.538. The fourth-order valence-corrected chi connectivity index (χ4v) is 3.25. The number of hydrogen-bond acceptors (Lipinski definition) is 6. The van der Waals surface area contributed by atoms with Gasteiger partial charge < -0.3 is 16.8 Å². The number of nitrogen functional groups attached to an aromatic ring is 2. The van der Waals surface area contributed by atoms with Crippen LogP contribution < -0.4 is 16.8 Å². The monoisotopic (exact) mass is 414 g/mol. The molecule has 7 nitrogen and oxygen atoms in total. The third-order valence-corrected chi connectivity index (χ3v) is 4.64. The predicted molar refractivity (Wildman–Crippen MR) is 119 cm³/mol. The number of pyridine rings is 3. The van der Waals surface area contributed by atoms with Crippen LogP contribution in [0.2, 0.25) is 0 Å². The van der Waals surface area contributed by atoms with Gasteiger partial charge in [-0.1, -0.05) is 12.1 Å². The minimum absolute atomic E-state index is 0.0130. The summed E-state index contributed by atoms with van der Waals surface area (Å²) in [5, 5.41) is 2.80. The third-order valence-electron chi connectivity index (χ3n) is 4.64. The van der Waals surface area contributed by atoms with E-state index in [0.29, 0.717) is 22.8 Å². The summed E-state index contributed by atoms with van der Waals surface area (Å²) in [7, 11) is 0. The molecule has 0 unspecified atom stereocenters. The van der Waals surface area contributed by atoms with Crippen molar-refractivity contribution in [2.75, 3.05) is 16.8 Å². The van der Waals surface area contributed by atoms with Crippen LogP contribution >= 0.6 is 0 Å². The number of anilines is 3. The fourth-order valence-electron chi connectivity index (χ4n) is 3.25. The van der Waals surface area contributed by atoms with Crippen LogP contribution in [0, 0.1) is 12.7 Å². The molecule has 0 saturated heterocycles. The number of hydrogen-bond donors (Lipinski definition) is 3. The second kappa shape index (κ2) is 8.19. The number of aryl methyl sites for hydroxylation is 1. The first-order valence-corrected chi connectivity index (χ1v) is 9.43. The maximum atomic E-state index is 14.2. The number of nitrogens with zero attached hydrogens (tertiary/aromatic N) is 3. The predicted octanol–water partition coefficient (Wildman–Crippen LogP) is 4.07. The number of halogens is 1. The van der Waals surface area contributed by atoms with Gasteiger partial charge in [0, 0.05) is 23.0 Å². The molecule has 4 aromatic rings. The summed E-state index contributed by atoms with van der Waals surface area (Å²) in [6.07, 6.45) is 3.14. The van der Waals surface area contributed by atoms with E-state index in [1.165, 1.54) is 18.3 Å². The molecule has 0 aliphatic rings. The second-order valence-electron chi connectivity index (χ2n) is 6.91. The van der Waals surface area contributed by atoms with Crippen molar-refractivity contribution >= 4 is 23.1 Å². The molecule has 31 heavy (non-hydrogen) atoms. The molecule has 1 aromatic carbocycles. The summed E-state index contributed by atoms with van der Waals surface area (Å²) in [6, 6.07) is 14.6. The number of amides is 1. The average Bonchev–Trinajstić information content (AvgIpc) is 2.74. The first-order valence-electron chi connectivity index (χ1n) is 9.43. The Labute approximate surface area is 178 Å². The van der Waals surface area contributed by atoms with Crippen LogP contribution in [0.25, 0.3) is 22.4 Å². The number of rotatable bonds is 4. The molecule has 5 N–H and O–H groups in total. The first-order chi connectivity index (χ1) is 14.9. The molecule has 0 radical (unpaired) electrons. The highest BCUT2D eigenvalue weighted by Gasteiger charge is 2.17. The number of nitrogens with two attached hydrogens (primary N) is 2. The van der Waals surface area contributed by atoms with Crippen LogP contribution in [0.4, 0.5) is 21.6 Å². The Morgan fingerprint density at radius 1 is 1.00 bits per heavy atom. The van der Waals surface area contributed by atoms with Crippen LogP contribution in [0.1, 0.15) is 16.2 Å². The van der Waals surface area contributed by atoms with Gasteiger partial charge in [0.2, 0.25) is 0 Å². The molecule has 154 valence electrons.